The molecule has 0 amide bonds. The molecule has 12 heteroatoms. The van der Waals surface area contributed by atoms with Crippen molar-refractivity contribution in [3.63, 3.8) is 0 Å². The van der Waals surface area contributed by atoms with Crippen LogP contribution in [0.3, 0.4) is 0 Å². The van der Waals surface area contributed by atoms with E-state index in [0.717, 1.165) is 18.2 Å². The van der Waals surface area contributed by atoms with Gasteiger partial charge >= 0.3 is 59.1 Å². The number of hydrogen-bond acceptors (Lipinski definition) is 8. The molecule has 0 aliphatic carbocycles. The molecule has 0 N–H and O–H groups in total. The molecule has 134 valence electrons. The number of nitrogens with zero attached hydrogens (tertiary/aromatic N) is 2. The molecule has 0 unspecified atom stereocenters. The van der Waals surface area contributed by atoms with Gasteiger partial charge in [-0.15, -0.1) is 5.11 Å². The van der Waals surface area contributed by atoms with Crippen molar-refractivity contribution >= 4 is 42.4 Å². The molecule has 3 rings (SSSR count). The number of benzene rings is 3. The topological polar surface area (TPSA) is 139 Å². The normalized spacial score (nSPS) is 11.8. The Morgan fingerprint density at radius 2 is 1.32 bits per heavy atom. The minimum absolute atomic E-state index is 0. The van der Waals surface area contributed by atoms with E-state index in [0.29, 0.717) is 11.1 Å². The maximum atomic E-state index is 11.6. The van der Waals surface area contributed by atoms with Crippen molar-refractivity contribution in [2.24, 2.45) is 10.2 Å². The van der Waals surface area contributed by atoms with E-state index in [1.165, 1.54) is 12.1 Å². The first-order valence-corrected chi connectivity index (χ1v) is 9.93. The summed E-state index contributed by atoms with van der Waals surface area (Å²) in [5, 5.41) is 8.14. The van der Waals surface area contributed by atoms with Crippen LogP contribution in [-0.4, -0.2) is 25.9 Å². The summed E-state index contributed by atoms with van der Waals surface area (Å²) < 4.78 is 68.4. The zero-order valence-electron chi connectivity index (χ0n) is 14.9. The molecule has 0 heterocycles. The van der Waals surface area contributed by atoms with Crippen molar-refractivity contribution in [1.29, 1.82) is 0 Å². The molecule has 8 nitrogen and oxygen atoms in total. The SMILES string of the molecule is O=S(=O)([O-])c1ccc2ccc(S(=O)(=O)[O-])c(N=Nc3ccccc3)c2c1.[Na+].[Na+]. The van der Waals surface area contributed by atoms with Crippen molar-refractivity contribution in [3.05, 3.63) is 60.7 Å². The summed E-state index contributed by atoms with van der Waals surface area (Å²) in [7, 11) is -9.69. The smallest absolute Gasteiger partial charge is 0.744 e. The molecule has 0 aromatic heterocycles. The third kappa shape index (κ3) is 5.92. The average molecular weight is 436 g/mol. The first-order valence-electron chi connectivity index (χ1n) is 7.11. The van der Waals surface area contributed by atoms with Crippen LogP contribution in [0.5, 0.6) is 0 Å². The second kappa shape index (κ2) is 9.90. The van der Waals surface area contributed by atoms with Crippen LogP contribution in [0.4, 0.5) is 11.4 Å². The van der Waals surface area contributed by atoms with Crippen LogP contribution in [-0.2, 0) is 20.2 Å². The molecule has 28 heavy (non-hydrogen) atoms. The van der Waals surface area contributed by atoms with Gasteiger partial charge in [0.05, 0.1) is 15.5 Å². The molecule has 3 aromatic rings. The molecule has 3 aromatic carbocycles. The van der Waals surface area contributed by atoms with Gasteiger partial charge in [-0.25, -0.2) is 16.8 Å². The molecule has 0 bridgehead atoms. The summed E-state index contributed by atoms with van der Waals surface area (Å²) in [5.74, 6) is 0. The van der Waals surface area contributed by atoms with Gasteiger partial charge in [-0.05, 0) is 35.7 Å². The molecule has 0 saturated heterocycles. The van der Waals surface area contributed by atoms with Crippen LogP contribution in [0, 0.1) is 0 Å². The standard InChI is InChI=1S/C16H12N2O6S2.2Na/c19-25(20,21)13-8-6-11-7-9-15(26(22,23)24)16(14(11)10-13)18-17-12-4-2-1-3-5-12;;/h1-10H,(H,19,20,21)(H,22,23,24);;/q;2*+1/p-2. The van der Waals surface area contributed by atoms with Crippen LogP contribution in [0.1, 0.15) is 0 Å². The van der Waals surface area contributed by atoms with Crippen LogP contribution < -0.4 is 59.1 Å². The Hall–Kier alpha value is -0.660. The van der Waals surface area contributed by atoms with E-state index in [1.807, 2.05) is 0 Å². The van der Waals surface area contributed by atoms with Gasteiger partial charge < -0.3 is 9.11 Å². The molecule has 0 atom stereocenters. The zero-order chi connectivity index (χ0) is 18.9. The monoisotopic (exact) mass is 436 g/mol. The summed E-state index contributed by atoms with van der Waals surface area (Å²) in [5.41, 5.74) is 0.0678. The van der Waals surface area contributed by atoms with Crippen molar-refractivity contribution in [2.45, 2.75) is 9.79 Å². The molecule has 0 fully saturated rings. The Morgan fingerprint density at radius 1 is 0.714 bits per heavy atom. The van der Waals surface area contributed by atoms with Crippen molar-refractivity contribution in [2.75, 3.05) is 0 Å². The predicted molar refractivity (Wildman–Crippen MR) is 90.5 cm³/mol. The van der Waals surface area contributed by atoms with Crippen LogP contribution in [0.2, 0.25) is 0 Å². The zero-order valence-corrected chi connectivity index (χ0v) is 20.6. The maximum Gasteiger partial charge on any atom is 1.00 e. The average Bonchev–Trinajstić information content (AvgIpc) is 2.58. The van der Waals surface area contributed by atoms with E-state index in [4.69, 9.17) is 0 Å². The van der Waals surface area contributed by atoms with Gasteiger partial charge in [-0.3, -0.25) is 0 Å². The van der Waals surface area contributed by atoms with Crippen LogP contribution in [0.25, 0.3) is 10.8 Å². The minimum atomic E-state index is -4.91. The van der Waals surface area contributed by atoms with Gasteiger partial charge in [0.2, 0.25) is 0 Å². The van der Waals surface area contributed by atoms with E-state index >= 15 is 0 Å². The van der Waals surface area contributed by atoms with Gasteiger partial charge in [0.25, 0.3) is 0 Å². The second-order valence-electron chi connectivity index (χ2n) is 5.24. The molecule has 0 spiro atoms. The Balaban J connectivity index is 0.00000196. The summed E-state index contributed by atoms with van der Waals surface area (Å²) in [6.45, 7) is 0. The van der Waals surface area contributed by atoms with E-state index < -0.39 is 30.0 Å². The first kappa shape index (κ1) is 25.4. The number of rotatable bonds is 4. The minimum Gasteiger partial charge on any atom is -0.744 e. The summed E-state index contributed by atoms with van der Waals surface area (Å²) in [6.07, 6.45) is 0. The number of hydrogen-bond donors (Lipinski definition) is 0. The Kier molecular flexibility index (Phi) is 8.97. The first-order chi connectivity index (χ1) is 12.2. The fourth-order valence-corrected chi connectivity index (χ4v) is 3.44. The van der Waals surface area contributed by atoms with Gasteiger partial charge in [0.15, 0.2) is 0 Å². The van der Waals surface area contributed by atoms with Gasteiger partial charge in [-0.2, -0.15) is 5.11 Å². The van der Waals surface area contributed by atoms with E-state index in [9.17, 15) is 25.9 Å². The van der Waals surface area contributed by atoms with Gasteiger partial charge in [-0.1, -0.05) is 30.3 Å². The van der Waals surface area contributed by atoms with Gasteiger partial charge in [0.1, 0.15) is 25.9 Å². The molecular weight excluding hydrogens is 426 g/mol. The Bertz CT molecular complexity index is 1230. The second-order valence-corrected chi connectivity index (χ2v) is 7.97. The molecular formula is C16H10N2Na2O6S2. The van der Waals surface area contributed by atoms with Crippen molar-refractivity contribution < 1.29 is 85.1 Å². The molecule has 0 radical (unpaired) electrons. The van der Waals surface area contributed by atoms with E-state index in [2.05, 4.69) is 10.2 Å². The third-order valence-corrected chi connectivity index (χ3v) is 5.21. The summed E-state index contributed by atoms with van der Waals surface area (Å²) in [6, 6.07) is 14.1. The Labute approximate surface area is 206 Å². The predicted octanol–water partition coefficient (Wildman–Crippen LogP) is -2.93. The summed E-state index contributed by atoms with van der Waals surface area (Å²) >= 11 is 0. The fourth-order valence-electron chi connectivity index (χ4n) is 2.33. The van der Waals surface area contributed by atoms with Crippen LogP contribution >= 0.6 is 0 Å². The molecule has 0 aliphatic rings. The maximum absolute atomic E-state index is 11.6. The largest absolute Gasteiger partial charge is 1.00 e. The fraction of sp³-hybridized carbons (Fsp3) is 0. The third-order valence-electron chi connectivity index (χ3n) is 3.51. The van der Waals surface area contributed by atoms with Crippen molar-refractivity contribution in [1.82, 2.24) is 0 Å². The van der Waals surface area contributed by atoms with E-state index in [1.54, 1.807) is 30.3 Å². The number of fused-ring (bicyclic) bond motifs is 1. The molecule has 0 aliphatic heterocycles. The van der Waals surface area contributed by atoms with Gasteiger partial charge in [0, 0.05) is 5.39 Å². The van der Waals surface area contributed by atoms with E-state index in [-0.39, 0.29) is 70.2 Å². The summed E-state index contributed by atoms with van der Waals surface area (Å²) in [4.78, 5) is -1.23. The van der Waals surface area contributed by atoms with Crippen molar-refractivity contribution in [3.8, 4) is 0 Å². The molecule has 0 saturated carbocycles. The quantitative estimate of drug-likeness (QED) is 0.244. The Morgan fingerprint density at radius 3 is 1.89 bits per heavy atom. The number of azo groups is 1. The van der Waals surface area contributed by atoms with Crippen LogP contribution in [0.15, 0.2) is 80.7 Å².